The molecule has 4 nitrogen and oxygen atoms in total. The molecule has 0 radical (unpaired) electrons. The summed E-state index contributed by atoms with van der Waals surface area (Å²) in [7, 11) is 1.96. The van der Waals surface area contributed by atoms with Crippen LogP contribution in [0.2, 0.25) is 0 Å². The fourth-order valence-electron chi connectivity index (χ4n) is 2.18. The summed E-state index contributed by atoms with van der Waals surface area (Å²) in [4.78, 5) is 18.1. The fraction of sp³-hybridized carbons (Fsp3) is 0.636. The van der Waals surface area contributed by atoms with Gasteiger partial charge in [0.15, 0.2) is 0 Å². The summed E-state index contributed by atoms with van der Waals surface area (Å²) in [6.45, 7) is 2.72. The van der Waals surface area contributed by atoms with Gasteiger partial charge in [-0.2, -0.15) is 0 Å². The Morgan fingerprint density at radius 1 is 1.61 bits per heavy atom. The predicted molar refractivity (Wildman–Crippen MR) is 79.2 cm³/mol. The standard InChI is InChI=1S/C11H17N3OS.2ClH/c1-12-5-9-3-2-4-14(6-9)11(15)10-7-16-8-13-10;;/h7-9,12H,2-6H2,1H3;2*1H. The first-order valence-electron chi connectivity index (χ1n) is 5.63. The zero-order chi connectivity index (χ0) is 11.4. The lowest BCUT2D eigenvalue weighted by Crippen LogP contribution is -2.42. The molecule has 0 spiro atoms. The quantitative estimate of drug-likeness (QED) is 0.929. The summed E-state index contributed by atoms with van der Waals surface area (Å²) in [6, 6.07) is 0. The lowest BCUT2D eigenvalue weighted by Gasteiger charge is -2.32. The molecule has 2 heterocycles. The Hall–Kier alpha value is -0.360. The molecule has 0 aromatic carbocycles. The molecule has 1 aliphatic heterocycles. The highest BCUT2D eigenvalue weighted by atomic mass is 35.5. The van der Waals surface area contributed by atoms with Gasteiger partial charge < -0.3 is 10.2 Å². The first-order chi connectivity index (χ1) is 7.81. The number of aromatic nitrogens is 1. The molecule has 1 amide bonds. The van der Waals surface area contributed by atoms with Gasteiger partial charge in [0.1, 0.15) is 5.69 Å². The third kappa shape index (κ3) is 4.39. The monoisotopic (exact) mass is 311 g/mol. The van der Waals surface area contributed by atoms with Crippen molar-refractivity contribution in [3.8, 4) is 0 Å². The number of piperidine rings is 1. The topological polar surface area (TPSA) is 45.2 Å². The molecule has 0 aliphatic carbocycles. The van der Waals surface area contributed by atoms with Crippen molar-refractivity contribution in [1.82, 2.24) is 15.2 Å². The molecule has 7 heteroatoms. The molecule has 104 valence electrons. The number of carbonyl (C=O) groups is 1. The second kappa shape index (κ2) is 8.69. The van der Waals surface area contributed by atoms with Crippen molar-refractivity contribution < 1.29 is 4.79 Å². The van der Waals surface area contributed by atoms with Gasteiger partial charge in [-0.15, -0.1) is 36.2 Å². The summed E-state index contributed by atoms with van der Waals surface area (Å²) < 4.78 is 0. The van der Waals surface area contributed by atoms with Gasteiger partial charge in [0, 0.05) is 18.5 Å². The van der Waals surface area contributed by atoms with Crippen LogP contribution in [0.15, 0.2) is 10.9 Å². The van der Waals surface area contributed by atoms with Crippen LogP contribution >= 0.6 is 36.2 Å². The van der Waals surface area contributed by atoms with Crippen molar-refractivity contribution in [3.63, 3.8) is 0 Å². The predicted octanol–water partition coefficient (Wildman–Crippen LogP) is 2.06. The number of rotatable bonds is 3. The number of thiazole rings is 1. The van der Waals surface area contributed by atoms with Crippen LogP contribution in [0.4, 0.5) is 0 Å². The number of carbonyl (C=O) groups excluding carboxylic acids is 1. The Bertz CT molecular complexity index is 346. The highest BCUT2D eigenvalue weighted by molar-refractivity contribution is 7.07. The van der Waals surface area contributed by atoms with Crippen LogP contribution in [0.3, 0.4) is 0 Å². The van der Waals surface area contributed by atoms with Crippen molar-refractivity contribution in [2.24, 2.45) is 5.92 Å². The summed E-state index contributed by atoms with van der Waals surface area (Å²) in [5.41, 5.74) is 2.30. The zero-order valence-corrected chi connectivity index (χ0v) is 12.7. The Labute approximate surface area is 124 Å². The molecule has 2 rings (SSSR count). The molecule has 1 aliphatic rings. The smallest absolute Gasteiger partial charge is 0.273 e. The van der Waals surface area contributed by atoms with Crippen molar-refractivity contribution in [2.45, 2.75) is 12.8 Å². The van der Waals surface area contributed by atoms with Crippen LogP contribution < -0.4 is 5.32 Å². The third-order valence-corrected chi connectivity index (χ3v) is 3.54. The van der Waals surface area contributed by atoms with E-state index in [1.54, 1.807) is 5.51 Å². The SMILES string of the molecule is CNCC1CCCN(C(=O)c2cscn2)C1.Cl.Cl. The van der Waals surface area contributed by atoms with Gasteiger partial charge in [-0.1, -0.05) is 0 Å². The molecule has 1 unspecified atom stereocenters. The number of hydrogen-bond donors (Lipinski definition) is 1. The van der Waals surface area contributed by atoms with Crippen LogP contribution in [0, 0.1) is 5.92 Å². The lowest BCUT2D eigenvalue weighted by molar-refractivity contribution is 0.0669. The molecule has 1 aromatic rings. The molecule has 1 saturated heterocycles. The van der Waals surface area contributed by atoms with Crippen molar-refractivity contribution in [1.29, 1.82) is 0 Å². The van der Waals surface area contributed by atoms with E-state index in [1.807, 2.05) is 17.3 Å². The average Bonchev–Trinajstić information content (AvgIpc) is 2.82. The number of halogens is 2. The first-order valence-corrected chi connectivity index (χ1v) is 6.57. The lowest BCUT2D eigenvalue weighted by atomic mass is 9.98. The minimum absolute atomic E-state index is 0. The Morgan fingerprint density at radius 3 is 3.00 bits per heavy atom. The largest absolute Gasteiger partial charge is 0.337 e. The molecule has 1 aromatic heterocycles. The van der Waals surface area contributed by atoms with Gasteiger partial charge in [0.05, 0.1) is 5.51 Å². The Kier molecular flexibility index (Phi) is 8.52. The molecular weight excluding hydrogens is 293 g/mol. The number of amides is 1. The Balaban J connectivity index is 0.00000144. The average molecular weight is 312 g/mol. The van der Waals surface area contributed by atoms with E-state index in [0.29, 0.717) is 11.6 Å². The van der Waals surface area contributed by atoms with Gasteiger partial charge in [-0.05, 0) is 32.4 Å². The summed E-state index contributed by atoms with van der Waals surface area (Å²) in [5, 5.41) is 5.00. The zero-order valence-electron chi connectivity index (χ0n) is 10.3. The summed E-state index contributed by atoms with van der Waals surface area (Å²) >= 11 is 1.47. The number of nitrogens with zero attached hydrogens (tertiary/aromatic N) is 2. The van der Waals surface area contributed by atoms with Crippen molar-refractivity contribution >= 4 is 42.1 Å². The van der Waals surface area contributed by atoms with Crippen molar-refractivity contribution in [2.75, 3.05) is 26.7 Å². The van der Waals surface area contributed by atoms with Gasteiger partial charge >= 0.3 is 0 Å². The highest BCUT2D eigenvalue weighted by Crippen LogP contribution is 2.18. The molecule has 18 heavy (non-hydrogen) atoms. The van der Waals surface area contributed by atoms with Crippen LogP contribution in [-0.4, -0.2) is 42.5 Å². The van der Waals surface area contributed by atoms with Gasteiger partial charge in [-0.3, -0.25) is 4.79 Å². The molecule has 1 atom stereocenters. The second-order valence-electron chi connectivity index (χ2n) is 4.19. The van der Waals surface area contributed by atoms with Gasteiger partial charge in [0.25, 0.3) is 5.91 Å². The van der Waals surface area contributed by atoms with E-state index in [0.717, 1.165) is 26.1 Å². The molecule has 0 bridgehead atoms. The van der Waals surface area contributed by atoms with Crippen molar-refractivity contribution in [3.05, 3.63) is 16.6 Å². The van der Waals surface area contributed by atoms with Gasteiger partial charge in [-0.25, -0.2) is 4.98 Å². The molecule has 1 N–H and O–H groups in total. The van der Waals surface area contributed by atoms with E-state index >= 15 is 0 Å². The van der Waals surface area contributed by atoms with E-state index in [-0.39, 0.29) is 30.7 Å². The maximum atomic E-state index is 12.1. The molecule has 0 saturated carbocycles. The van der Waals surface area contributed by atoms with Crippen LogP contribution in [0.25, 0.3) is 0 Å². The van der Waals surface area contributed by atoms with Crippen LogP contribution in [-0.2, 0) is 0 Å². The van der Waals surface area contributed by atoms with E-state index in [9.17, 15) is 4.79 Å². The minimum atomic E-state index is 0. The third-order valence-electron chi connectivity index (χ3n) is 2.95. The fourth-order valence-corrected chi connectivity index (χ4v) is 2.71. The minimum Gasteiger partial charge on any atom is -0.337 e. The van der Waals surface area contributed by atoms with Gasteiger partial charge in [0.2, 0.25) is 0 Å². The molecule has 1 fully saturated rings. The number of nitrogens with one attached hydrogen (secondary N) is 1. The van der Waals surface area contributed by atoms with E-state index < -0.39 is 0 Å². The number of likely N-dealkylation sites (tertiary alicyclic amines) is 1. The van der Waals surface area contributed by atoms with E-state index in [4.69, 9.17) is 0 Å². The number of hydrogen-bond acceptors (Lipinski definition) is 4. The molecular formula is C11H19Cl2N3OS. The Morgan fingerprint density at radius 2 is 2.39 bits per heavy atom. The highest BCUT2D eigenvalue weighted by Gasteiger charge is 2.24. The maximum absolute atomic E-state index is 12.1. The van der Waals surface area contributed by atoms with E-state index in [2.05, 4.69) is 10.3 Å². The first kappa shape index (κ1) is 17.6. The normalized spacial score (nSPS) is 18.7. The van der Waals surface area contributed by atoms with Crippen LogP contribution in [0.5, 0.6) is 0 Å². The van der Waals surface area contributed by atoms with Crippen LogP contribution in [0.1, 0.15) is 23.3 Å². The summed E-state index contributed by atoms with van der Waals surface area (Å²) in [6.07, 6.45) is 2.31. The maximum Gasteiger partial charge on any atom is 0.273 e. The van der Waals surface area contributed by atoms with E-state index in [1.165, 1.54) is 17.8 Å². The summed E-state index contributed by atoms with van der Waals surface area (Å²) in [5.74, 6) is 0.670. The second-order valence-corrected chi connectivity index (χ2v) is 4.91.